The van der Waals surface area contributed by atoms with Gasteiger partial charge in [0.2, 0.25) is 0 Å². The Bertz CT molecular complexity index is 412. The van der Waals surface area contributed by atoms with Gasteiger partial charge in [-0.1, -0.05) is 31.7 Å². The molecule has 110 valence electrons. The molecule has 0 aromatic carbocycles. The number of hydrogen-bond donors (Lipinski definition) is 0. The topological polar surface area (TPSA) is 16.1 Å². The summed E-state index contributed by atoms with van der Waals surface area (Å²) in [5.74, 6) is 0. The number of nitrogens with zero attached hydrogens (tertiary/aromatic N) is 2. The van der Waals surface area contributed by atoms with Crippen molar-refractivity contribution in [2.24, 2.45) is 0 Å². The molecule has 1 atom stereocenters. The Kier molecular flexibility index (Phi) is 5.00. The van der Waals surface area contributed by atoms with Gasteiger partial charge >= 0.3 is 0 Å². The molecule has 0 bridgehead atoms. The minimum atomic E-state index is 0.588. The van der Waals surface area contributed by atoms with E-state index in [0.717, 1.165) is 5.25 Å². The normalized spacial score (nSPS) is 25.8. The fourth-order valence-electron chi connectivity index (χ4n) is 3.51. The lowest BCUT2D eigenvalue weighted by atomic mass is 9.97. The van der Waals surface area contributed by atoms with Crippen molar-refractivity contribution < 1.29 is 0 Å². The minimum Gasteiger partial charge on any atom is -0.299 e. The van der Waals surface area contributed by atoms with E-state index in [4.69, 9.17) is 4.98 Å². The second-order valence-corrected chi connectivity index (χ2v) is 7.62. The summed E-state index contributed by atoms with van der Waals surface area (Å²) in [4.78, 5) is 7.20. The number of likely N-dealkylation sites (tertiary alicyclic amines) is 1. The van der Waals surface area contributed by atoms with Crippen molar-refractivity contribution in [1.29, 1.82) is 0 Å². The Morgan fingerprint density at radius 3 is 2.55 bits per heavy atom. The second-order valence-electron chi connectivity index (χ2n) is 6.30. The summed E-state index contributed by atoms with van der Waals surface area (Å²) in [7, 11) is 2.24. The summed E-state index contributed by atoms with van der Waals surface area (Å²) >= 11 is 2.00. The third-order valence-corrected chi connectivity index (χ3v) is 6.04. The minimum absolute atomic E-state index is 0.588. The Balaban J connectivity index is 1.61. The van der Waals surface area contributed by atoms with E-state index < -0.39 is 0 Å². The molecule has 20 heavy (non-hydrogen) atoms. The van der Waals surface area contributed by atoms with Crippen LogP contribution in [0.1, 0.15) is 63.0 Å². The molecule has 0 N–H and O–H groups in total. The third kappa shape index (κ3) is 3.56. The highest BCUT2D eigenvalue weighted by molar-refractivity contribution is 7.99. The van der Waals surface area contributed by atoms with Crippen LogP contribution in [0.3, 0.4) is 0 Å². The highest BCUT2D eigenvalue weighted by Gasteiger charge is 2.21. The van der Waals surface area contributed by atoms with Gasteiger partial charge in [0.05, 0.1) is 5.03 Å². The molecule has 2 fully saturated rings. The molecule has 1 unspecified atom stereocenters. The Labute approximate surface area is 127 Å². The first-order valence-corrected chi connectivity index (χ1v) is 9.04. The fourth-order valence-corrected chi connectivity index (χ4v) is 4.68. The van der Waals surface area contributed by atoms with Crippen molar-refractivity contribution in [3.63, 3.8) is 0 Å². The number of rotatable bonds is 3. The van der Waals surface area contributed by atoms with Crippen molar-refractivity contribution in [2.45, 2.75) is 67.7 Å². The van der Waals surface area contributed by atoms with E-state index in [1.807, 2.05) is 11.8 Å². The second kappa shape index (κ2) is 6.95. The average molecular weight is 290 g/mol. The SMILES string of the molecule is CN1CCCCC1c1ccc(SC2CCCCC2)nc1. The summed E-state index contributed by atoms with van der Waals surface area (Å²) in [6.45, 7) is 1.23. The predicted molar refractivity (Wildman–Crippen MR) is 86.2 cm³/mol. The molecule has 2 heterocycles. The van der Waals surface area contributed by atoms with E-state index >= 15 is 0 Å². The Morgan fingerprint density at radius 2 is 1.85 bits per heavy atom. The lowest BCUT2D eigenvalue weighted by Crippen LogP contribution is -2.29. The van der Waals surface area contributed by atoms with E-state index in [1.54, 1.807) is 0 Å². The van der Waals surface area contributed by atoms with Crippen LogP contribution in [-0.4, -0.2) is 28.7 Å². The van der Waals surface area contributed by atoms with Crippen LogP contribution in [0.5, 0.6) is 0 Å². The van der Waals surface area contributed by atoms with Gasteiger partial charge in [0.15, 0.2) is 0 Å². The first-order valence-electron chi connectivity index (χ1n) is 8.16. The molecule has 1 aliphatic carbocycles. The van der Waals surface area contributed by atoms with Gasteiger partial charge in [0, 0.05) is 17.5 Å². The molecular formula is C17H26N2S. The predicted octanol–water partition coefficient (Wildman–Crippen LogP) is 4.66. The maximum absolute atomic E-state index is 4.72. The Morgan fingerprint density at radius 1 is 1.05 bits per heavy atom. The molecule has 2 nitrogen and oxygen atoms in total. The lowest BCUT2D eigenvalue weighted by Gasteiger charge is -2.32. The van der Waals surface area contributed by atoms with Crippen LogP contribution in [-0.2, 0) is 0 Å². The van der Waals surface area contributed by atoms with Crippen molar-refractivity contribution in [1.82, 2.24) is 9.88 Å². The highest BCUT2D eigenvalue weighted by atomic mass is 32.2. The van der Waals surface area contributed by atoms with Crippen LogP contribution < -0.4 is 0 Å². The zero-order valence-corrected chi connectivity index (χ0v) is 13.4. The monoisotopic (exact) mass is 290 g/mol. The van der Waals surface area contributed by atoms with E-state index in [0.29, 0.717) is 6.04 Å². The van der Waals surface area contributed by atoms with Gasteiger partial charge in [-0.2, -0.15) is 0 Å². The molecule has 0 radical (unpaired) electrons. The molecule has 1 saturated carbocycles. The smallest absolute Gasteiger partial charge is 0.0962 e. The van der Waals surface area contributed by atoms with E-state index in [9.17, 15) is 0 Å². The van der Waals surface area contributed by atoms with E-state index in [2.05, 4.69) is 30.3 Å². The lowest BCUT2D eigenvalue weighted by molar-refractivity contribution is 0.187. The molecular weight excluding hydrogens is 264 g/mol. The average Bonchev–Trinajstić information content (AvgIpc) is 2.50. The van der Waals surface area contributed by atoms with Gasteiger partial charge in [0.1, 0.15) is 0 Å². The quantitative estimate of drug-likeness (QED) is 0.805. The van der Waals surface area contributed by atoms with Crippen molar-refractivity contribution in [3.8, 4) is 0 Å². The molecule has 1 saturated heterocycles. The zero-order chi connectivity index (χ0) is 13.8. The van der Waals surface area contributed by atoms with Crippen LogP contribution in [0.15, 0.2) is 23.4 Å². The van der Waals surface area contributed by atoms with E-state index in [1.165, 1.54) is 68.5 Å². The number of hydrogen-bond acceptors (Lipinski definition) is 3. The number of thioether (sulfide) groups is 1. The maximum Gasteiger partial charge on any atom is 0.0962 e. The number of piperidine rings is 1. The largest absolute Gasteiger partial charge is 0.299 e. The molecule has 1 aromatic heterocycles. The zero-order valence-electron chi connectivity index (χ0n) is 12.6. The molecule has 3 rings (SSSR count). The summed E-state index contributed by atoms with van der Waals surface area (Å²) in [6.07, 6.45) is 13.1. The van der Waals surface area contributed by atoms with Gasteiger partial charge in [-0.3, -0.25) is 4.90 Å². The maximum atomic E-state index is 4.72. The molecule has 0 amide bonds. The van der Waals surface area contributed by atoms with Crippen LogP contribution in [0.2, 0.25) is 0 Å². The highest BCUT2D eigenvalue weighted by Crippen LogP contribution is 2.34. The van der Waals surface area contributed by atoms with Crippen molar-refractivity contribution in [3.05, 3.63) is 23.9 Å². The molecule has 2 aliphatic rings. The first kappa shape index (κ1) is 14.4. The van der Waals surface area contributed by atoms with Gasteiger partial charge < -0.3 is 0 Å². The number of pyridine rings is 1. The number of aromatic nitrogens is 1. The first-order chi connectivity index (χ1) is 9.83. The summed E-state index contributed by atoms with van der Waals surface area (Å²) in [5.41, 5.74) is 1.40. The summed E-state index contributed by atoms with van der Waals surface area (Å²) in [5, 5.41) is 2.03. The fraction of sp³-hybridized carbons (Fsp3) is 0.706. The van der Waals surface area contributed by atoms with Crippen LogP contribution in [0.25, 0.3) is 0 Å². The third-order valence-electron chi connectivity index (χ3n) is 4.75. The van der Waals surface area contributed by atoms with Crippen molar-refractivity contribution >= 4 is 11.8 Å². The molecule has 1 aliphatic heterocycles. The van der Waals surface area contributed by atoms with E-state index in [-0.39, 0.29) is 0 Å². The van der Waals surface area contributed by atoms with Crippen LogP contribution in [0.4, 0.5) is 0 Å². The standard InChI is InChI=1S/C17H26N2S/c1-19-12-6-5-9-16(19)14-10-11-17(18-13-14)20-15-7-3-2-4-8-15/h10-11,13,15-16H,2-9,12H2,1H3. The van der Waals surface area contributed by atoms with Gasteiger partial charge in [-0.25, -0.2) is 4.98 Å². The van der Waals surface area contributed by atoms with Crippen molar-refractivity contribution in [2.75, 3.05) is 13.6 Å². The molecule has 3 heteroatoms. The molecule has 0 spiro atoms. The summed E-state index contributed by atoms with van der Waals surface area (Å²) in [6, 6.07) is 5.15. The summed E-state index contributed by atoms with van der Waals surface area (Å²) < 4.78 is 0. The van der Waals surface area contributed by atoms with Gasteiger partial charge in [-0.15, -0.1) is 11.8 Å². The molecule has 1 aromatic rings. The van der Waals surface area contributed by atoms with Crippen LogP contribution in [0, 0.1) is 0 Å². The van der Waals surface area contributed by atoms with Crippen LogP contribution >= 0.6 is 11.8 Å². The Hall–Kier alpha value is -0.540. The van der Waals surface area contributed by atoms with Gasteiger partial charge in [0.25, 0.3) is 0 Å². The van der Waals surface area contributed by atoms with Gasteiger partial charge in [-0.05, 0) is 50.9 Å².